The van der Waals surface area contributed by atoms with Gasteiger partial charge in [-0.25, -0.2) is 9.97 Å². The molecule has 0 unspecified atom stereocenters. The number of nitrogen functional groups attached to an aromatic ring is 1. The number of para-hydroxylation sites is 1. The minimum absolute atomic E-state index is 0.390. The molecule has 2 aromatic heterocycles. The first-order valence-corrected chi connectivity index (χ1v) is 7.79. The number of fused-ring (bicyclic) bond motifs is 3. The van der Waals surface area contributed by atoms with E-state index >= 15 is 0 Å². The van der Waals surface area contributed by atoms with Crippen molar-refractivity contribution in [1.29, 1.82) is 0 Å². The molecule has 0 saturated heterocycles. The number of hydrogen-bond donors (Lipinski definition) is 3. The number of pyridine rings is 1. The molecule has 0 aliphatic heterocycles. The quantitative estimate of drug-likeness (QED) is 0.472. The van der Waals surface area contributed by atoms with Crippen LogP contribution in [0.15, 0.2) is 29.3 Å². The second-order valence-corrected chi connectivity index (χ2v) is 6.45. The average Bonchev–Trinajstić information content (AvgIpc) is 2.86. The largest absolute Gasteiger partial charge is 0.389 e. The van der Waals surface area contributed by atoms with Gasteiger partial charge in [-0.05, 0) is 26.6 Å². The van der Waals surface area contributed by atoms with Crippen LogP contribution in [0.2, 0.25) is 0 Å². The monoisotopic (exact) mass is 326 g/mol. The van der Waals surface area contributed by atoms with E-state index in [0.29, 0.717) is 31.1 Å². The second kappa shape index (κ2) is 6.18. The minimum atomic E-state index is -0.891. The Hall–Kier alpha value is -2.51. The van der Waals surface area contributed by atoms with Crippen molar-refractivity contribution in [1.82, 2.24) is 19.9 Å². The number of hydrogen-bond acceptors (Lipinski definition) is 6. The number of nitrogens with one attached hydrogen (secondary N) is 1. The molecular weight excluding hydrogens is 304 g/mol. The van der Waals surface area contributed by atoms with E-state index in [1.165, 1.54) is 0 Å². The Labute approximate surface area is 140 Å². The molecule has 7 nitrogen and oxygen atoms in total. The van der Waals surface area contributed by atoms with Crippen molar-refractivity contribution in [3.05, 3.63) is 30.1 Å². The van der Waals surface area contributed by atoms with Crippen LogP contribution in [0.25, 0.3) is 21.9 Å². The van der Waals surface area contributed by atoms with E-state index in [1.807, 2.05) is 28.8 Å². The standard InChI is InChI=1S/C17H22N6O/c1-17(2,24)9-23-13(8-20-10-19-3)22-14-15(23)11-6-4-5-7-12(11)21-16(14)18/h4-7,20,24H,3,8-10H2,1-2H3,(H2,18,21). The van der Waals surface area contributed by atoms with Crippen molar-refractivity contribution in [2.75, 3.05) is 12.4 Å². The topological polar surface area (TPSA) is 101 Å². The van der Waals surface area contributed by atoms with Gasteiger partial charge >= 0.3 is 0 Å². The predicted octanol–water partition coefficient (Wildman–Crippen LogP) is 1.69. The van der Waals surface area contributed by atoms with Gasteiger partial charge in [0.25, 0.3) is 0 Å². The van der Waals surface area contributed by atoms with Gasteiger partial charge in [0, 0.05) is 5.39 Å². The molecule has 0 atom stereocenters. The van der Waals surface area contributed by atoms with E-state index in [9.17, 15) is 5.11 Å². The summed E-state index contributed by atoms with van der Waals surface area (Å²) in [4.78, 5) is 12.9. The van der Waals surface area contributed by atoms with Crippen LogP contribution >= 0.6 is 0 Å². The average molecular weight is 326 g/mol. The van der Waals surface area contributed by atoms with Crippen molar-refractivity contribution in [2.45, 2.75) is 32.5 Å². The third-order valence-electron chi connectivity index (χ3n) is 3.74. The zero-order chi connectivity index (χ0) is 17.3. The van der Waals surface area contributed by atoms with Crippen LogP contribution in [0.3, 0.4) is 0 Å². The van der Waals surface area contributed by atoms with Crippen molar-refractivity contribution in [2.24, 2.45) is 4.99 Å². The Kier molecular flexibility index (Phi) is 4.21. The van der Waals surface area contributed by atoms with Crippen molar-refractivity contribution in [3.63, 3.8) is 0 Å². The number of anilines is 1. The molecule has 0 bridgehead atoms. The lowest BCUT2D eigenvalue weighted by atomic mass is 10.1. The molecule has 0 radical (unpaired) electrons. The Bertz CT molecular complexity index is 893. The highest BCUT2D eigenvalue weighted by atomic mass is 16.3. The summed E-state index contributed by atoms with van der Waals surface area (Å²) in [5.41, 5.74) is 7.59. The summed E-state index contributed by atoms with van der Waals surface area (Å²) in [6.45, 7) is 8.33. The Balaban J connectivity index is 2.26. The summed E-state index contributed by atoms with van der Waals surface area (Å²) in [5.74, 6) is 1.17. The van der Waals surface area contributed by atoms with Gasteiger partial charge in [0.1, 0.15) is 11.3 Å². The highest BCUT2D eigenvalue weighted by Gasteiger charge is 2.22. The van der Waals surface area contributed by atoms with Crippen LogP contribution in [0, 0.1) is 0 Å². The van der Waals surface area contributed by atoms with E-state index in [0.717, 1.165) is 22.2 Å². The van der Waals surface area contributed by atoms with E-state index in [-0.39, 0.29) is 0 Å². The van der Waals surface area contributed by atoms with Crippen LogP contribution in [0.1, 0.15) is 19.7 Å². The SMILES string of the molecule is C=NCNCc1nc2c(N)nc3ccccc3c2n1CC(C)(C)O. The number of nitrogens with two attached hydrogens (primary N) is 1. The molecule has 24 heavy (non-hydrogen) atoms. The van der Waals surface area contributed by atoms with Gasteiger partial charge in [-0.3, -0.25) is 10.3 Å². The highest BCUT2D eigenvalue weighted by molar-refractivity contribution is 6.06. The lowest BCUT2D eigenvalue weighted by Crippen LogP contribution is -2.28. The van der Waals surface area contributed by atoms with Crippen LogP contribution in [0.4, 0.5) is 5.82 Å². The molecular formula is C17H22N6O. The number of nitrogens with zero attached hydrogens (tertiary/aromatic N) is 4. The number of aliphatic imine (C=N–C) groups is 1. The number of imidazole rings is 1. The van der Waals surface area contributed by atoms with Crippen molar-refractivity contribution in [3.8, 4) is 0 Å². The normalized spacial score (nSPS) is 12.1. The molecule has 3 aromatic rings. The molecule has 1 aromatic carbocycles. The molecule has 126 valence electrons. The maximum atomic E-state index is 10.3. The zero-order valence-corrected chi connectivity index (χ0v) is 14.0. The summed E-state index contributed by atoms with van der Waals surface area (Å²) in [7, 11) is 0. The fourth-order valence-corrected chi connectivity index (χ4v) is 2.84. The van der Waals surface area contributed by atoms with E-state index in [4.69, 9.17) is 5.73 Å². The van der Waals surface area contributed by atoms with Gasteiger partial charge in [0.15, 0.2) is 5.82 Å². The van der Waals surface area contributed by atoms with Crippen LogP contribution in [0.5, 0.6) is 0 Å². The van der Waals surface area contributed by atoms with Crippen LogP contribution in [-0.2, 0) is 13.1 Å². The van der Waals surface area contributed by atoms with E-state index < -0.39 is 5.60 Å². The van der Waals surface area contributed by atoms with E-state index in [1.54, 1.807) is 13.8 Å². The first kappa shape index (κ1) is 16.4. The van der Waals surface area contributed by atoms with E-state index in [2.05, 4.69) is 27.0 Å². The number of aliphatic hydroxyl groups is 1. The Morgan fingerprint density at radius 3 is 2.79 bits per heavy atom. The summed E-state index contributed by atoms with van der Waals surface area (Å²) >= 11 is 0. The first-order chi connectivity index (χ1) is 11.4. The second-order valence-electron chi connectivity index (χ2n) is 6.45. The van der Waals surface area contributed by atoms with Crippen molar-refractivity contribution >= 4 is 34.5 Å². The maximum absolute atomic E-state index is 10.3. The smallest absolute Gasteiger partial charge is 0.152 e. The molecule has 7 heteroatoms. The highest BCUT2D eigenvalue weighted by Crippen LogP contribution is 2.29. The van der Waals surface area contributed by atoms with Crippen molar-refractivity contribution < 1.29 is 5.11 Å². The van der Waals surface area contributed by atoms with Gasteiger partial charge < -0.3 is 15.4 Å². The first-order valence-electron chi connectivity index (χ1n) is 7.79. The summed E-state index contributed by atoms with van der Waals surface area (Å²) in [6.07, 6.45) is 0. The Morgan fingerprint density at radius 2 is 2.08 bits per heavy atom. The summed E-state index contributed by atoms with van der Waals surface area (Å²) in [5, 5.41) is 14.5. The molecule has 0 aliphatic rings. The summed E-state index contributed by atoms with van der Waals surface area (Å²) in [6, 6.07) is 7.80. The molecule has 0 spiro atoms. The van der Waals surface area contributed by atoms with Gasteiger partial charge in [-0.15, -0.1) is 0 Å². The third kappa shape index (κ3) is 3.08. The fraction of sp³-hybridized carbons (Fsp3) is 0.353. The van der Waals surface area contributed by atoms with Crippen LogP contribution < -0.4 is 11.1 Å². The van der Waals surface area contributed by atoms with Gasteiger partial charge in [0.05, 0.1) is 36.4 Å². The predicted molar refractivity (Wildman–Crippen MR) is 97.0 cm³/mol. The van der Waals surface area contributed by atoms with Gasteiger partial charge in [-0.1, -0.05) is 18.2 Å². The molecule has 0 fully saturated rings. The summed E-state index contributed by atoms with van der Waals surface area (Å²) < 4.78 is 2.01. The fourth-order valence-electron chi connectivity index (χ4n) is 2.84. The molecule has 0 saturated carbocycles. The number of rotatable bonds is 6. The van der Waals surface area contributed by atoms with Crippen LogP contribution in [-0.4, -0.2) is 38.6 Å². The minimum Gasteiger partial charge on any atom is -0.389 e. The molecule has 3 rings (SSSR count). The number of aromatic nitrogens is 3. The molecule has 0 amide bonds. The molecule has 2 heterocycles. The molecule has 4 N–H and O–H groups in total. The maximum Gasteiger partial charge on any atom is 0.152 e. The van der Waals surface area contributed by atoms with Gasteiger partial charge in [-0.2, -0.15) is 0 Å². The number of benzene rings is 1. The zero-order valence-electron chi connectivity index (χ0n) is 14.0. The Morgan fingerprint density at radius 1 is 1.33 bits per heavy atom. The lowest BCUT2D eigenvalue weighted by molar-refractivity contribution is 0.0618. The lowest BCUT2D eigenvalue weighted by Gasteiger charge is -2.20. The third-order valence-corrected chi connectivity index (χ3v) is 3.74. The van der Waals surface area contributed by atoms with Gasteiger partial charge in [0.2, 0.25) is 0 Å². The molecule has 0 aliphatic carbocycles.